The minimum atomic E-state index is -3.63. The highest BCUT2D eigenvalue weighted by Crippen LogP contribution is 2.19. The summed E-state index contributed by atoms with van der Waals surface area (Å²) >= 11 is 2.77. The summed E-state index contributed by atoms with van der Waals surface area (Å²) in [7, 11) is -1.96. The summed E-state index contributed by atoms with van der Waals surface area (Å²) in [5.41, 5.74) is 0. The molecule has 0 aliphatic carbocycles. The zero-order valence-corrected chi connectivity index (χ0v) is 17.3. The molecule has 128 valence electrons. The number of primary sulfonamides is 1. The lowest BCUT2D eigenvalue weighted by atomic mass is 10.4. The van der Waals surface area contributed by atoms with Crippen LogP contribution in [-0.4, -0.2) is 26.4 Å². The Hall–Kier alpha value is -0.760. The Bertz CT molecular complexity index is 769. The molecule has 2 aromatic rings. The molecule has 7 nitrogen and oxygen atoms in total. The second-order valence-electron chi connectivity index (χ2n) is 4.41. The Morgan fingerprint density at radius 3 is 2.52 bits per heavy atom. The van der Waals surface area contributed by atoms with Crippen molar-refractivity contribution in [1.29, 1.82) is 0 Å². The van der Waals surface area contributed by atoms with Crippen LogP contribution in [0.3, 0.4) is 0 Å². The monoisotopic (exact) mass is 487 g/mol. The summed E-state index contributed by atoms with van der Waals surface area (Å²) in [4.78, 5) is 10.4. The van der Waals surface area contributed by atoms with E-state index in [-0.39, 0.29) is 28.2 Å². The first kappa shape index (κ1) is 20.3. The Kier molecular flexibility index (Phi) is 7.86. The highest BCUT2D eigenvalue weighted by atomic mass is 127. The van der Waals surface area contributed by atoms with Gasteiger partial charge >= 0.3 is 0 Å². The van der Waals surface area contributed by atoms with E-state index >= 15 is 0 Å². The Morgan fingerprint density at radius 2 is 2.00 bits per heavy atom. The van der Waals surface area contributed by atoms with Gasteiger partial charge in [0.1, 0.15) is 9.22 Å². The van der Waals surface area contributed by atoms with Crippen LogP contribution in [0.25, 0.3) is 0 Å². The topological polar surface area (TPSA) is 109 Å². The molecule has 11 heteroatoms. The van der Waals surface area contributed by atoms with Gasteiger partial charge in [0, 0.05) is 23.0 Å². The van der Waals surface area contributed by atoms with Crippen molar-refractivity contribution in [2.24, 2.45) is 10.1 Å². The van der Waals surface area contributed by atoms with E-state index in [1.165, 1.54) is 6.07 Å². The van der Waals surface area contributed by atoms with Crippen LogP contribution in [0.1, 0.15) is 14.8 Å². The molecule has 0 aliphatic heterocycles. The molecule has 23 heavy (non-hydrogen) atoms. The zero-order chi connectivity index (χ0) is 16.2. The van der Waals surface area contributed by atoms with Crippen LogP contribution in [0.15, 0.2) is 27.5 Å². The van der Waals surface area contributed by atoms with Crippen molar-refractivity contribution in [1.82, 2.24) is 15.6 Å². The van der Waals surface area contributed by atoms with Gasteiger partial charge in [-0.25, -0.2) is 18.5 Å². The average molecular weight is 487 g/mol. The summed E-state index contributed by atoms with van der Waals surface area (Å²) in [6.45, 7) is 3.07. The first-order valence-electron chi connectivity index (χ1n) is 6.36. The van der Waals surface area contributed by atoms with E-state index in [1.807, 2.05) is 13.1 Å². The van der Waals surface area contributed by atoms with Gasteiger partial charge in [0.15, 0.2) is 5.96 Å². The standard InChI is InChI=1S/C12H17N5O2S3.HI/c1-8-5-15-10(20-8)7-17-12(14-2)16-6-9-3-4-11(21-9)22(13,18)19;/h3-5H,6-7H2,1-2H3,(H2,13,18,19)(H2,14,16,17);1H. The maximum atomic E-state index is 11.2. The molecular weight excluding hydrogens is 469 g/mol. The fourth-order valence-corrected chi connectivity index (χ4v) is 4.09. The van der Waals surface area contributed by atoms with Crippen LogP contribution in [0.2, 0.25) is 0 Å². The number of nitrogens with zero attached hydrogens (tertiary/aromatic N) is 2. The van der Waals surface area contributed by atoms with Crippen molar-refractivity contribution in [3.63, 3.8) is 0 Å². The van der Waals surface area contributed by atoms with Crippen LogP contribution in [0.5, 0.6) is 0 Å². The highest BCUT2D eigenvalue weighted by molar-refractivity contribution is 14.0. The van der Waals surface area contributed by atoms with E-state index in [0.29, 0.717) is 19.0 Å². The van der Waals surface area contributed by atoms with Crippen molar-refractivity contribution in [3.05, 3.63) is 33.1 Å². The maximum Gasteiger partial charge on any atom is 0.247 e. The molecule has 4 N–H and O–H groups in total. The van der Waals surface area contributed by atoms with Crippen LogP contribution >= 0.6 is 46.7 Å². The number of thiazole rings is 1. The molecular formula is C12H18IN5O2S3. The molecule has 0 fully saturated rings. The number of sulfonamides is 1. The lowest BCUT2D eigenvalue weighted by Crippen LogP contribution is -2.36. The first-order chi connectivity index (χ1) is 10.4. The Balaban J connectivity index is 0.00000264. The fraction of sp³-hybridized carbons (Fsp3) is 0.333. The number of aromatic nitrogens is 1. The Labute approximate surface area is 160 Å². The second kappa shape index (κ2) is 8.92. The van der Waals surface area contributed by atoms with Gasteiger partial charge < -0.3 is 10.6 Å². The third kappa shape index (κ3) is 6.33. The molecule has 0 bridgehead atoms. The summed E-state index contributed by atoms with van der Waals surface area (Å²) in [5, 5.41) is 12.3. The van der Waals surface area contributed by atoms with Crippen molar-refractivity contribution in [3.8, 4) is 0 Å². The van der Waals surface area contributed by atoms with E-state index in [1.54, 1.807) is 24.5 Å². The number of halogens is 1. The lowest BCUT2D eigenvalue weighted by Gasteiger charge is -2.09. The Morgan fingerprint density at radius 1 is 1.30 bits per heavy atom. The van der Waals surface area contributed by atoms with Gasteiger partial charge in [0.25, 0.3) is 0 Å². The van der Waals surface area contributed by atoms with Crippen molar-refractivity contribution in [2.45, 2.75) is 24.2 Å². The number of rotatable bonds is 5. The molecule has 0 aromatic carbocycles. The molecule has 2 aromatic heterocycles. The first-order valence-corrected chi connectivity index (χ1v) is 9.54. The molecule has 2 rings (SSSR count). The molecule has 0 saturated heterocycles. The molecule has 0 aliphatic rings. The van der Waals surface area contributed by atoms with E-state index < -0.39 is 10.0 Å². The van der Waals surface area contributed by atoms with E-state index in [2.05, 4.69) is 20.6 Å². The summed E-state index contributed by atoms with van der Waals surface area (Å²) in [6, 6.07) is 3.24. The summed E-state index contributed by atoms with van der Waals surface area (Å²) in [6.07, 6.45) is 1.83. The number of nitrogens with two attached hydrogens (primary N) is 1. The molecule has 0 unspecified atom stereocenters. The number of thiophene rings is 1. The van der Waals surface area contributed by atoms with Gasteiger partial charge in [0.2, 0.25) is 10.0 Å². The molecule has 2 heterocycles. The van der Waals surface area contributed by atoms with Crippen molar-refractivity contribution >= 4 is 62.6 Å². The zero-order valence-electron chi connectivity index (χ0n) is 12.6. The van der Waals surface area contributed by atoms with E-state index in [4.69, 9.17) is 5.14 Å². The third-order valence-corrected chi connectivity index (χ3v) is 6.08. The normalized spacial score (nSPS) is 11.9. The molecule has 0 spiro atoms. The average Bonchev–Trinajstić information content (AvgIpc) is 3.07. The van der Waals surface area contributed by atoms with Crippen molar-refractivity contribution < 1.29 is 8.42 Å². The number of aryl methyl sites for hydroxylation is 1. The maximum absolute atomic E-state index is 11.2. The number of guanidine groups is 1. The van der Waals surface area contributed by atoms with Gasteiger partial charge in [-0.15, -0.1) is 46.7 Å². The number of nitrogens with one attached hydrogen (secondary N) is 2. The van der Waals surface area contributed by atoms with Gasteiger partial charge in [-0.05, 0) is 19.1 Å². The third-order valence-electron chi connectivity index (χ3n) is 2.65. The van der Waals surface area contributed by atoms with Gasteiger partial charge in [-0.2, -0.15) is 0 Å². The minimum Gasteiger partial charge on any atom is -0.352 e. The van der Waals surface area contributed by atoms with E-state index in [0.717, 1.165) is 26.1 Å². The van der Waals surface area contributed by atoms with Gasteiger partial charge in [-0.3, -0.25) is 4.99 Å². The SMILES string of the molecule is CN=C(NCc1ccc(S(N)(=O)=O)s1)NCc1ncc(C)s1.I. The van der Waals surface area contributed by atoms with Crippen molar-refractivity contribution in [2.75, 3.05) is 7.05 Å². The predicted molar refractivity (Wildman–Crippen MR) is 105 cm³/mol. The highest BCUT2D eigenvalue weighted by Gasteiger charge is 2.11. The molecule has 0 atom stereocenters. The largest absolute Gasteiger partial charge is 0.352 e. The number of aliphatic imine (C=N–C) groups is 1. The van der Waals surface area contributed by atoms with Crippen LogP contribution in [-0.2, 0) is 23.1 Å². The van der Waals surface area contributed by atoms with Crippen LogP contribution < -0.4 is 15.8 Å². The minimum absolute atomic E-state index is 0. The fourth-order valence-electron chi connectivity index (χ4n) is 1.64. The number of hydrogen-bond donors (Lipinski definition) is 3. The molecule has 0 radical (unpaired) electrons. The van der Waals surface area contributed by atoms with E-state index in [9.17, 15) is 8.42 Å². The van der Waals surface area contributed by atoms with Crippen LogP contribution in [0, 0.1) is 6.92 Å². The van der Waals surface area contributed by atoms with Crippen LogP contribution in [0.4, 0.5) is 0 Å². The smallest absolute Gasteiger partial charge is 0.247 e. The van der Waals surface area contributed by atoms with Gasteiger partial charge in [-0.1, -0.05) is 0 Å². The number of hydrogen-bond acceptors (Lipinski definition) is 6. The quantitative estimate of drug-likeness (QED) is 0.338. The lowest BCUT2D eigenvalue weighted by molar-refractivity contribution is 0.600. The second-order valence-corrected chi connectivity index (χ2v) is 8.69. The molecule has 0 saturated carbocycles. The summed E-state index contributed by atoms with van der Waals surface area (Å²) < 4.78 is 22.6. The molecule has 0 amide bonds. The predicted octanol–water partition coefficient (Wildman–Crippen LogP) is 1.64. The summed E-state index contributed by atoms with van der Waals surface area (Å²) in [5.74, 6) is 0.624. The van der Waals surface area contributed by atoms with Gasteiger partial charge in [0.05, 0.1) is 13.1 Å².